The van der Waals surface area contributed by atoms with Gasteiger partial charge in [0.15, 0.2) is 0 Å². The molecule has 0 amide bonds. The Morgan fingerprint density at radius 1 is 0.478 bits per heavy atom. The number of hydrogen-bond acceptors (Lipinski definition) is 8. The van der Waals surface area contributed by atoms with Crippen LogP contribution in [0.2, 0.25) is 0 Å². The van der Waals surface area contributed by atoms with Gasteiger partial charge in [-0.3, -0.25) is 18.8 Å². The molecule has 6 aromatic heterocycles. The number of nitrogens with two attached hydrogens (primary N) is 2. The van der Waals surface area contributed by atoms with Crippen molar-refractivity contribution < 1.29 is 8.78 Å². The summed E-state index contributed by atoms with van der Waals surface area (Å²) in [4.78, 5) is 25.7. The normalized spacial score (nSPS) is 11.0. The number of nitrogen functional groups attached to an aromatic ring is 2. The van der Waals surface area contributed by atoms with Crippen molar-refractivity contribution in [1.82, 2.24) is 38.7 Å². The fraction of sp³-hybridized carbons (Fsp3) is 0. The zero-order valence-corrected chi connectivity index (χ0v) is 24.0. The summed E-state index contributed by atoms with van der Waals surface area (Å²) in [6.07, 6.45) is 10.5. The highest BCUT2D eigenvalue weighted by atomic mass is 19.1. The predicted octanol–water partition coefficient (Wildman–Crippen LogP) is 6.36. The summed E-state index contributed by atoms with van der Waals surface area (Å²) in [5.74, 6) is 1.15. The summed E-state index contributed by atoms with van der Waals surface area (Å²) in [5.41, 5.74) is 17.9. The van der Waals surface area contributed by atoms with Crippen molar-refractivity contribution in [3.63, 3.8) is 0 Å². The van der Waals surface area contributed by atoms with E-state index >= 15 is 0 Å². The van der Waals surface area contributed by atoms with Crippen LogP contribution in [0.4, 0.5) is 20.4 Å². The van der Waals surface area contributed by atoms with E-state index in [4.69, 9.17) is 11.5 Å². The van der Waals surface area contributed by atoms with Gasteiger partial charge in [-0.25, -0.2) is 18.7 Å². The second kappa shape index (κ2) is 11.8. The molecule has 0 aliphatic rings. The van der Waals surface area contributed by atoms with E-state index in [2.05, 4.69) is 29.9 Å². The summed E-state index contributed by atoms with van der Waals surface area (Å²) in [6.45, 7) is 0. The first-order valence-electron chi connectivity index (χ1n) is 14.1. The van der Waals surface area contributed by atoms with E-state index in [9.17, 15) is 8.78 Å². The number of pyridine rings is 2. The van der Waals surface area contributed by atoms with Crippen molar-refractivity contribution in [2.45, 2.75) is 0 Å². The molecule has 0 bridgehead atoms. The third-order valence-corrected chi connectivity index (χ3v) is 7.16. The summed E-state index contributed by atoms with van der Waals surface area (Å²) in [5, 5.41) is 0. The Hall–Kier alpha value is -6.56. The number of benzene rings is 2. The minimum atomic E-state index is -0.312. The summed E-state index contributed by atoms with van der Waals surface area (Å²) in [6, 6.07) is 23.5. The molecule has 46 heavy (non-hydrogen) atoms. The van der Waals surface area contributed by atoms with Crippen LogP contribution in [0.15, 0.2) is 122 Å². The largest absolute Gasteiger partial charge is 0.384 e. The zero-order valence-electron chi connectivity index (χ0n) is 24.0. The molecule has 224 valence electrons. The minimum Gasteiger partial charge on any atom is -0.384 e. The Morgan fingerprint density at radius 3 is 1.48 bits per heavy atom. The van der Waals surface area contributed by atoms with Crippen molar-refractivity contribution in [3.05, 3.63) is 134 Å². The first kappa shape index (κ1) is 28.2. The van der Waals surface area contributed by atoms with Gasteiger partial charge in [0.2, 0.25) is 11.6 Å². The number of fused-ring (bicyclic) bond motifs is 2. The van der Waals surface area contributed by atoms with Crippen LogP contribution >= 0.6 is 0 Å². The van der Waals surface area contributed by atoms with Gasteiger partial charge in [-0.1, -0.05) is 12.1 Å². The van der Waals surface area contributed by atoms with Crippen molar-refractivity contribution in [3.8, 4) is 45.0 Å². The van der Waals surface area contributed by atoms with Crippen LogP contribution in [-0.2, 0) is 0 Å². The second-order valence-electron chi connectivity index (χ2n) is 10.2. The van der Waals surface area contributed by atoms with Crippen molar-refractivity contribution in [1.29, 1.82) is 0 Å². The second-order valence-corrected chi connectivity index (χ2v) is 10.2. The van der Waals surface area contributed by atoms with E-state index in [-0.39, 0.29) is 11.6 Å². The van der Waals surface area contributed by atoms with E-state index in [0.717, 1.165) is 28.1 Å². The fourth-order valence-electron chi connectivity index (χ4n) is 5.11. The SMILES string of the molecule is Nc1ccn2c(-c3ccncc3)c(-c3ccc(F)cc3)nc2n1.Nc1ccn2c(-c3ccncc3)c(-c3cccc(F)c3)nc2n1. The fourth-order valence-corrected chi connectivity index (χ4v) is 5.11. The predicted molar refractivity (Wildman–Crippen MR) is 172 cm³/mol. The Labute approximate surface area is 260 Å². The summed E-state index contributed by atoms with van der Waals surface area (Å²) in [7, 11) is 0. The average Bonchev–Trinajstić information content (AvgIpc) is 3.64. The van der Waals surface area contributed by atoms with Gasteiger partial charge in [-0.15, -0.1) is 0 Å². The van der Waals surface area contributed by atoms with Gasteiger partial charge < -0.3 is 11.5 Å². The lowest BCUT2D eigenvalue weighted by Gasteiger charge is -2.05. The topological polar surface area (TPSA) is 138 Å². The summed E-state index contributed by atoms with van der Waals surface area (Å²) >= 11 is 0. The molecule has 0 atom stereocenters. The van der Waals surface area contributed by atoms with Crippen molar-refractivity contribution in [2.75, 3.05) is 11.5 Å². The molecule has 6 heterocycles. The van der Waals surface area contributed by atoms with Gasteiger partial charge in [0.1, 0.15) is 23.3 Å². The Bertz CT molecular complexity index is 2300. The Balaban J connectivity index is 0.000000147. The quantitative estimate of drug-likeness (QED) is 0.235. The number of imidazole rings is 2. The number of nitrogens with zero attached hydrogens (tertiary/aromatic N) is 8. The van der Waals surface area contributed by atoms with Gasteiger partial charge in [0, 0.05) is 59.4 Å². The number of halogens is 2. The molecule has 0 aliphatic carbocycles. The molecule has 0 saturated heterocycles. The van der Waals surface area contributed by atoms with Gasteiger partial charge in [0.05, 0.1) is 22.8 Å². The molecule has 2 aromatic carbocycles. The average molecular weight is 611 g/mol. The number of rotatable bonds is 4. The zero-order chi connectivity index (χ0) is 31.6. The maximum atomic E-state index is 13.6. The van der Waals surface area contributed by atoms with Crippen LogP contribution in [0.1, 0.15) is 0 Å². The van der Waals surface area contributed by atoms with Crippen molar-refractivity contribution >= 4 is 23.2 Å². The third kappa shape index (κ3) is 5.46. The monoisotopic (exact) mass is 610 g/mol. The number of anilines is 2. The molecule has 0 radical (unpaired) electrons. The smallest absolute Gasteiger partial charge is 0.236 e. The van der Waals surface area contributed by atoms with Crippen LogP contribution in [0.25, 0.3) is 56.6 Å². The minimum absolute atomic E-state index is 0.287. The maximum Gasteiger partial charge on any atom is 0.236 e. The molecule has 0 fully saturated rings. The lowest BCUT2D eigenvalue weighted by molar-refractivity contribution is 0.627. The molecule has 10 nitrogen and oxygen atoms in total. The summed E-state index contributed by atoms with van der Waals surface area (Å²) < 4.78 is 30.6. The van der Waals surface area contributed by atoms with E-state index in [1.54, 1.807) is 55.1 Å². The van der Waals surface area contributed by atoms with Gasteiger partial charge in [0.25, 0.3) is 0 Å². The molecule has 4 N–H and O–H groups in total. The maximum absolute atomic E-state index is 13.6. The van der Waals surface area contributed by atoms with Gasteiger partial charge >= 0.3 is 0 Å². The van der Waals surface area contributed by atoms with Crippen molar-refractivity contribution in [2.24, 2.45) is 0 Å². The van der Waals surface area contributed by atoms with Crippen LogP contribution in [0, 0.1) is 11.6 Å². The lowest BCUT2D eigenvalue weighted by Crippen LogP contribution is -1.95. The van der Waals surface area contributed by atoms with E-state index in [0.29, 0.717) is 40.1 Å². The molecular weight excluding hydrogens is 586 g/mol. The Kier molecular flexibility index (Phi) is 7.27. The number of aromatic nitrogens is 8. The highest BCUT2D eigenvalue weighted by molar-refractivity contribution is 5.82. The number of hydrogen-bond donors (Lipinski definition) is 2. The van der Waals surface area contributed by atoms with E-state index in [1.165, 1.54) is 24.3 Å². The molecule has 0 spiro atoms. The molecule has 0 aliphatic heterocycles. The van der Waals surface area contributed by atoms with E-state index < -0.39 is 0 Å². The van der Waals surface area contributed by atoms with Gasteiger partial charge in [-0.05, 0) is 72.8 Å². The molecule has 0 unspecified atom stereocenters. The molecule has 8 rings (SSSR count). The molecular formula is C34H24F2N10. The standard InChI is InChI=1S/2C17H12FN5/c18-13-3-1-11(2-4-13)15-16(12-5-8-20-9-6-12)23-10-7-14(19)21-17(23)22-15;18-13-3-1-2-12(10-13)15-16(11-4-7-20-8-5-11)23-9-6-14(19)21-17(23)22-15/h2*1-10H,(H2,19,21,22). The van der Waals surface area contributed by atoms with Crippen LogP contribution in [-0.4, -0.2) is 38.7 Å². The highest BCUT2D eigenvalue weighted by Crippen LogP contribution is 2.33. The Morgan fingerprint density at radius 2 is 0.978 bits per heavy atom. The lowest BCUT2D eigenvalue weighted by atomic mass is 10.1. The first-order valence-corrected chi connectivity index (χ1v) is 14.1. The third-order valence-electron chi connectivity index (χ3n) is 7.16. The van der Waals surface area contributed by atoms with E-state index in [1.807, 2.05) is 51.5 Å². The van der Waals surface area contributed by atoms with Crippen LogP contribution in [0.5, 0.6) is 0 Å². The first-order chi connectivity index (χ1) is 22.4. The molecule has 0 saturated carbocycles. The molecule has 8 aromatic rings. The molecule has 12 heteroatoms. The highest BCUT2D eigenvalue weighted by Gasteiger charge is 2.18. The van der Waals surface area contributed by atoms with Crippen LogP contribution in [0.3, 0.4) is 0 Å². The van der Waals surface area contributed by atoms with Crippen LogP contribution < -0.4 is 11.5 Å². The van der Waals surface area contributed by atoms with Gasteiger partial charge in [-0.2, -0.15) is 9.97 Å².